The average molecular weight is 268 g/mol. The molecule has 1 heterocycles. The monoisotopic (exact) mass is 268 g/mol. The van der Waals surface area contributed by atoms with Crippen molar-refractivity contribution in [2.45, 2.75) is 31.4 Å². The van der Waals surface area contributed by atoms with Gasteiger partial charge in [-0.2, -0.15) is 18.2 Å². The molecular weight excluding hydrogens is 257 g/mol. The van der Waals surface area contributed by atoms with E-state index in [1.54, 1.807) is 0 Å². The van der Waals surface area contributed by atoms with Gasteiger partial charge in [0.05, 0.1) is 11.1 Å². The first-order chi connectivity index (χ1) is 8.95. The van der Waals surface area contributed by atoms with Crippen LogP contribution in [0.3, 0.4) is 0 Å². The Balaban J connectivity index is 2.21. The summed E-state index contributed by atoms with van der Waals surface area (Å²) in [5.41, 5.74) is -0.540. The molecule has 2 aromatic rings. The number of H-pyrrole nitrogens is 1. The van der Waals surface area contributed by atoms with Gasteiger partial charge >= 0.3 is 11.9 Å². The van der Waals surface area contributed by atoms with Crippen LogP contribution in [0.4, 0.5) is 13.2 Å². The summed E-state index contributed by atoms with van der Waals surface area (Å²) in [6.07, 6.45) is -1.43. The summed E-state index contributed by atoms with van der Waals surface area (Å²) in [5.74, 6) is 0.231. The minimum absolute atomic E-state index is 0.112. The van der Waals surface area contributed by atoms with Crippen molar-refractivity contribution in [2.75, 3.05) is 0 Å². The normalized spacial score (nSPS) is 16.6. The molecule has 1 saturated carbocycles. The minimum Gasteiger partial charge on any atom is -0.309 e. The van der Waals surface area contributed by atoms with E-state index in [9.17, 15) is 18.0 Å². The zero-order valence-electron chi connectivity index (χ0n) is 9.92. The topological polar surface area (TPSA) is 45.8 Å². The van der Waals surface area contributed by atoms with E-state index >= 15 is 0 Å². The highest BCUT2D eigenvalue weighted by Gasteiger charge is 2.31. The van der Waals surface area contributed by atoms with Crippen molar-refractivity contribution in [3.05, 3.63) is 39.9 Å². The maximum atomic E-state index is 12.6. The summed E-state index contributed by atoms with van der Waals surface area (Å²) >= 11 is 0. The smallest absolute Gasteiger partial charge is 0.309 e. The fourth-order valence-electron chi connectivity index (χ4n) is 2.37. The summed E-state index contributed by atoms with van der Waals surface area (Å²) in [6.45, 7) is 0. The standard InChI is InChI=1S/C13H11F3N2O/c14-13(15,16)8-4-5-9-10(6-8)17-12(19)18-11(9)7-2-1-3-7/h4-7H,1-3H2,(H,17,18,19). The molecule has 0 bridgehead atoms. The zero-order valence-corrected chi connectivity index (χ0v) is 9.92. The van der Waals surface area contributed by atoms with E-state index in [1.807, 2.05) is 0 Å². The lowest BCUT2D eigenvalue weighted by molar-refractivity contribution is -0.137. The molecule has 100 valence electrons. The molecule has 1 aliphatic rings. The fourth-order valence-corrected chi connectivity index (χ4v) is 2.37. The number of nitrogens with one attached hydrogen (secondary N) is 1. The van der Waals surface area contributed by atoms with Crippen LogP contribution in [-0.2, 0) is 6.18 Å². The first-order valence-electron chi connectivity index (χ1n) is 6.06. The van der Waals surface area contributed by atoms with E-state index in [4.69, 9.17) is 0 Å². The van der Waals surface area contributed by atoms with Crippen LogP contribution in [0, 0.1) is 0 Å². The summed E-state index contributed by atoms with van der Waals surface area (Å²) in [4.78, 5) is 17.8. The Kier molecular flexibility index (Phi) is 2.62. The van der Waals surface area contributed by atoms with Crippen LogP contribution in [0.5, 0.6) is 0 Å². The summed E-state index contributed by atoms with van der Waals surface area (Å²) in [7, 11) is 0. The van der Waals surface area contributed by atoms with E-state index < -0.39 is 17.4 Å². The Morgan fingerprint density at radius 2 is 2.00 bits per heavy atom. The van der Waals surface area contributed by atoms with Crippen LogP contribution in [-0.4, -0.2) is 9.97 Å². The first-order valence-corrected chi connectivity index (χ1v) is 6.06. The zero-order chi connectivity index (χ0) is 13.6. The number of aromatic amines is 1. The van der Waals surface area contributed by atoms with Crippen LogP contribution in [0.1, 0.15) is 36.4 Å². The quantitative estimate of drug-likeness (QED) is 0.863. The van der Waals surface area contributed by atoms with Gasteiger partial charge in [0.15, 0.2) is 0 Å². The van der Waals surface area contributed by atoms with Crippen LogP contribution < -0.4 is 5.69 Å². The van der Waals surface area contributed by atoms with E-state index in [2.05, 4.69) is 9.97 Å². The Hall–Kier alpha value is -1.85. The molecular formula is C13H11F3N2O. The highest BCUT2D eigenvalue weighted by Crippen LogP contribution is 2.38. The molecule has 0 atom stereocenters. The number of alkyl halides is 3. The maximum Gasteiger partial charge on any atom is 0.416 e. The van der Waals surface area contributed by atoms with Crippen molar-refractivity contribution in [2.24, 2.45) is 0 Å². The molecule has 0 radical (unpaired) electrons. The number of hydrogen-bond acceptors (Lipinski definition) is 2. The molecule has 3 nitrogen and oxygen atoms in total. The van der Waals surface area contributed by atoms with Gasteiger partial charge in [-0.25, -0.2) is 4.79 Å². The van der Waals surface area contributed by atoms with Gasteiger partial charge in [0.2, 0.25) is 0 Å². The fraction of sp³-hybridized carbons (Fsp3) is 0.385. The second kappa shape index (κ2) is 4.08. The van der Waals surface area contributed by atoms with Gasteiger partial charge in [-0.05, 0) is 30.9 Å². The van der Waals surface area contributed by atoms with E-state index in [-0.39, 0.29) is 11.4 Å². The SMILES string of the molecule is O=c1nc2cc(C(F)(F)F)ccc2c(C2CCC2)[nH]1. The maximum absolute atomic E-state index is 12.6. The van der Waals surface area contributed by atoms with Crippen LogP contribution in [0.15, 0.2) is 23.0 Å². The molecule has 3 rings (SSSR count). The van der Waals surface area contributed by atoms with E-state index in [0.717, 1.165) is 37.1 Å². The second-order valence-electron chi connectivity index (χ2n) is 4.81. The van der Waals surface area contributed by atoms with Gasteiger partial charge in [0, 0.05) is 11.1 Å². The average Bonchev–Trinajstić information content (AvgIpc) is 2.24. The summed E-state index contributed by atoms with van der Waals surface area (Å²) in [6, 6.07) is 3.37. The molecule has 1 aromatic heterocycles. The number of nitrogens with zero attached hydrogens (tertiary/aromatic N) is 1. The van der Waals surface area contributed by atoms with Gasteiger partial charge in [0.1, 0.15) is 0 Å². The summed E-state index contributed by atoms with van der Waals surface area (Å²) in [5, 5.41) is 0.609. The number of benzene rings is 1. The molecule has 1 N–H and O–H groups in total. The van der Waals surface area contributed by atoms with Gasteiger partial charge in [-0.1, -0.05) is 12.5 Å². The Morgan fingerprint density at radius 1 is 1.26 bits per heavy atom. The third-order valence-electron chi connectivity index (χ3n) is 3.59. The third-order valence-corrected chi connectivity index (χ3v) is 3.59. The molecule has 6 heteroatoms. The number of hydrogen-bond donors (Lipinski definition) is 1. The van der Waals surface area contributed by atoms with E-state index in [0.29, 0.717) is 5.39 Å². The molecule has 1 aliphatic carbocycles. The lowest BCUT2D eigenvalue weighted by atomic mass is 9.81. The molecule has 19 heavy (non-hydrogen) atoms. The predicted molar refractivity (Wildman–Crippen MR) is 64.0 cm³/mol. The van der Waals surface area contributed by atoms with Crippen molar-refractivity contribution in [3.8, 4) is 0 Å². The molecule has 0 amide bonds. The van der Waals surface area contributed by atoms with E-state index in [1.165, 1.54) is 6.07 Å². The van der Waals surface area contributed by atoms with Crippen LogP contribution >= 0.6 is 0 Å². The van der Waals surface area contributed by atoms with Crippen LogP contribution in [0.2, 0.25) is 0 Å². The second-order valence-corrected chi connectivity index (χ2v) is 4.81. The molecule has 0 aliphatic heterocycles. The first kappa shape index (κ1) is 12.2. The van der Waals surface area contributed by atoms with Crippen molar-refractivity contribution >= 4 is 10.9 Å². The molecule has 0 saturated heterocycles. The highest BCUT2D eigenvalue weighted by molar-refractivity contribution is 5.82. The molecule has 0 unspecified atom stereocenters. The molecule has 1 aromatic carbocycles. The number of fused-ring (bicyclic) bond motifs is 1. The van der Waals surface area contributed by atoms with Gasteiger partial charge < -0.3 is 4.98 Å². The molecule has 1 fully saturated rings. The van der Waals surface area contributed by atoms with Crippen molar-refractivity contribution in [1.82, 2.24) is 9.97 Å². The van der Waals surface area contributed by atoms with Crippen molar-refractivity contribution in [1.29, 1.82) is 0 Å². The Bertz CT molecular complexity index is 686. The summed E-state index contributed by atoms with van der Waals surface area (Å²) < 4.78 is 37.9. The number of rotatable bonds is 1. The minimum atomic E-state index is -4.42. The van der Waals surface area contributed by atoms with Gasteiger partial charge in [-0.15, -0.1) is 0 Å². The number of halogens is 3. The largest absolute Gasteiger partial charge is 0.416 e. The molecule has 0 spiro atoms. The third kappa shape index (κ3) is 2.11. The predicted octanol–water partition coefficient (Wildman–Crippen LogP) is 3.21. The lowest BCUT2D eigenvalue weighted by Crippen LogP contribution is -2.19. The number of aromatic nitrogens is 2. The van der Waals surface area contributed by atoms with Crippen molar-refractivity contribution in [3.63, 3.8) is 0 Å². The van der Waals surface area contributed by atoms with Gasteiger partial charge in [0.25, 0.3) is 0 Å². The highest BCUT2D eigenvalue weighted by atomic mass is 19.4. The van der Waals surface area contributed by atoms with Crippen molar-refractivity contribution < 1.29 is 13.2 Å². The Labute approximate surface area is 106 Å². The Morgan fingerprint density at radius 3 is 2.58 bits per heavy atom. The lowest BCUT2D eigenvalue weighted by Gasteiger charge is -2.26. The van der Waals surface area contributed by atoms with Crippen LogP contribution in [0.25, 0.3) is 10.9 Å². The van der Waals surface area contributed by atoms with Gasteiger partial charge in [-0.3, -0.25) is 0 Å².